The third-order valence-corrected chi connectivity index (χ3v) is 4.23. The van der Waals surface area contributed by atoms with Crippen molar-refractivity contribution in [2.24, 2.45) is 5.14 Å². The third kappa shape index (κ3) is 5.18. The maximum absolute atomic E-state index is 11.8. The molecule has 0 saturated carbocycles. The summed E-state index contributed by atoms with van der Waals surface area (Å²) in [6.07, 6.45) is 0. The number of carbonyl (C=O) groups excluding carboxylic acids is 1. The Bertz CT molecular complexity index is 912. The van der Waals surface area contributed by atoms with Crippen LogP contribution in [0.25, 0.3) is 0 Å². The second kappa shape index (κ2) is 7.51. The normalized spacial score (nSPS) is 11.0. The number of rotatable bonds is 6. The molecule has 4 N–H and O–H groups in total. The lowest BCUT2D eigenvalue weighted by Gasteiger charge is -2.09. The minimum Gasteiger partial charge on any atom is -0.482 e. The Hall–Kier alpha value is -2.62. The smallest absolute Gasteiger partial charge is 0.335 e. The van der Waals surface area contributed by atoms with E-state index < -0.39 is 21.9 Å². The monoisotopic (exact) mass is 384 g/mol. The Balaban J connectivity index is 1.96. The minimum atomic E-state index is -3.80. The zero-order valence-electron chi connectivity index (χ0n) is 12.6. The first-order valence-electron chi connectivity index (χ1n) is 6.75. The predicted octanol–water partition coefficient (Wildman–Crippen LogP) is 1.70. The van der Waals surface area contributed by atoms with Crippen LogP contribution in [0.1, 0.15) is 10.4 Å². The number of sulfonamides is 1. The van der Waals surface area contributed by atoms with E-state index in [9.17, 15) is 18.0 Å². The average Bonchev–Trinajstić information content (AvgIpc) is 2.53. The summed E-state index contributed by atoms with van der Waals surface area (Å²) >= 11 is 5.89. The van der Waals surface area contributed by atoms with Crippen LogP contribution >= 0.6 is 11.6 Å². The first-order valence-corrected chi connectivity index (χ1v) is 8.67. The molecule has 0 fully saturated rings. The van der Waals surface area contributed by atoms with Crippen molar-refractivity contribution >= 4 is 39.2 Å². The molecule has 2 aromatic rings. The molecule has 0 bridgehead atoms. The fourth-order valence-electron chi connectivity index (χ4n) is 1.82. The molecule has 0 radical (unpaired) electrons. The van der Waals surface area contributed by atoms with E-state index >= 15 is 0 Å². The number of ether oxygens (including phenoxy) is 1. The standard InChI is InChI=1S/C15H13ClN2O6S/c16-12-7-9(15(20)21)1-6-13(12)24-8-14(19)18-10-2-4-11(5-3-10)25(17,22)23/h1-7H,8H2,(H,18,19)(H,20,21)(H2,17,22,23). The number of anilines is 1. The molecular formula is C15H13ClN2O6S. The molecule has 2 aromatic carbocycles. The van der Waals surface area contributed by atoms with Gasteiger partial charge in [-0.15, -0.1) is 0 Å². The van der Waals surface area contributed by atoms with Crippen LogP contribution in [0.2, 0.25) is 5.02 Å². The number of benzene rings is 2. The molecule has 0 aromatic heterocycles. The molecule has 2 rings (SSSR count). The number of carboxylic acid groups (broad SMARTS) is 1. The topological polar surface area (TPSA) is 136 Å². The molecule has 8 nitrogen and oxygen atoms in total. The van der Waals surface area contributed by atoms with Gasteiger partial charge < -0.3 is 15.2 Å². The van der Waals surface area contributed by atoms with E-state index in [1.807, 2.05) is 0 Å². The van der Waals surface area contributed by atoms with Gasteiger partial charge in [-0.1, -0.05) is 11.6 Å². The second-order valence-electron chi connectivity index (χ2n) is 4.86. The highest BCUT2D eigenvalue weighted by atomic mass is 35.5. The highest BCUT2D eigenvalue weighted by molar-refractivity contribution is 7.89. The summed E-state index contributed by atoms with van der Waals surface area (Å²) in [5.41, 5.74) is 0.352. The summed E-state index contributed by atoms with van der Waals surface area (Å²) in [7, 11) is -3.80. The summed E-state index contributed by atoms with van der Waals surface area (Å²) in [5.74, 6) is -1.48. The molecule has 0 spiro atoms. The highest BCUT2D eigenvalue weighted by Crippen LogP contribution is 2.25. The highest BCUT2D eigenvalue weighted by Gasteiger charge is 2.11. The number of hydrogen-bond acceptors (Lipinski definition) is 5. The Morgan fingerprint density at radius 2 is 1.80 bits per heavy atom. The summed E-state index contributed by atoms with van der Waals surface area (Å²) in [5, 5.41) is 16.4. The molecule has 10 heteroatoms. The maximum atomic E-state index is 11.8. The Kier molecular flexibility index (Phi) is 5.62. The zero-order chi connectivity index (χ0) is 18.6. The fourth-order valence-corrected chi connectivity index (χ4v) is 2.57. The Labute approximate surface area is 148 Å². The molecule has 0 heterocycles. The number of amides is 1. The number of carbonyl (C=O) groups is 2. The van der Waals surface area contributed by atoms with E-state index in [0.29, 0.717) is 5.69 Å². The maximum Gasteiger partial charge on any atom is 0.335 e. The minimum absolute atomic E-state index is 0.00301. The molecule has 132 valence electrons. The molecule has 25 heavy (non-hydrogen) atoms. The summed E-state index contributed by atoms with van der Waals surface area (Å²) in [6.45, 7) is -0.372. The largest absolute Gasteiger partial charge is 0.482 e. The van der Waals surface area contributed by atoms with Crippen molar-refractivity contribution in [1.29, 1.82) is 0 Å². The van der Waals surface area contributed by atoms with Gasteiger partial charge in [0.05, 0.1) is 15.5 Å². The van der Waals surface area contributed by atoms with Gasteiger partial charge in [-0.2, -0.15) is 0 Å². The predicted molar refractivity (Wildman–Crippen MR) is 90.4 cm³/mol. The number of aromatic carboxylic acids is 1. The first-order chi connectivity index (χ1) is 11.7. The number of primary sulfonamides is 1. The van der Waals surface area contributed by atoms with Crippen molar-refractivity contribution in [2.75, 3.05) is 11.9 Å². The van der Waals surface area contributed by atoms with E-state index in [1.165, 1.54) is 42.5 Å². The van der Waals surface area contributed by atoms with Gasteiger partial charge in [-0.05, 0) is 42.5 Å². The Morgan fingerprint density at radius 3 is 2.32 bits per heavy atom. The molecule has 0 unspecified atom stereocenters. The number of hydrogen-bond donors (Lipinski definition) is 3. The van der Waals surface area contributed by atoms with Crippen LogP contribution in [0.3, 0.4) is 0 Å². The van der Waals surface area contributed by atoms with Crippen LogP contribution in [0.15, 0.2) is 47.4 Å². The molecular weight excluding hydrogens is 372 g/mol. The van der Waals surface area contributed by atoms with E-state index in [0.717, 1.165) is 0 Å². The van der Waals surface area contributed by atoms with Crippen LogP contribution in [0, 0.1) is 0 Å². The summed E-state index contributed by atoms with van der Waals surface area (Å²) in [4.78, 5) is 22.6. The van der Waals surface area contributed by atoms with Crippen molar-refractivity contribution < 1.29 is 27.9 Å². The number of nitrogens with one attached hydrogen (secondary N) is 1. The Morgan fingerprint density at radius 1 is 1.16 bits per heavy atom. The van der Waals surface area contributed by atoms with Gasteiger partial charge in [-0.25, -0.2) is 18.4 Å². The first kappa shape index (κ1) is 18.7. The summed E-state index contributed by atoms with van der Waals surface area (Å²) < 4.78 is 27.5. The van der Waals surface area contributed by atoms with E-state index in [1.54, 1.807) is 0 Å². The lowest BCUT2D eigenvalue weighted by molar-refractivity contribution is -0.118. The lowest BCUT2D eigenvalue weighted by Crippen LogP contribution is -2.20. The van der Waals surface area contributed by atoms with Crippen molar-refractivity contribution in [3.63, 3.8) is 0 Å². The fraction of sp³-hybridized carbons (Fsp3) is 0.0667. The van der Waals surface area contributed by atoms with Crippen molar-refractivity contribution in [3.05, 3.63) is 53.1 Å². The SMILES string of the molecule is NS(=O)(=O)c1ccc(NC(=O)COc2ccc(C(=O)O)cc2Cl)cc1. The van der Waals surface area contributed by atoms with E-state index in [-0.39, 0.29) is 27.8 Å². The van der Waals surface area contributed by atoms with Crippen LogP contribution in [-0.4, -0.2) is 32.0 Å². The molecule has 0 aliphatic carbocycles. The van der Waals surface area contributed by atoms with Gasteiger partial charge in [0.15, 0.2) is 6.61 Å². The van der Waals surface area contributed by atoms with Crippen LogP contribution < -0.4 is 15.2 Å². The van der Waals surface area contributed by atoms with E-state index in [2.05, 4.69) is 5.32 Å². The van der Waals surface area contributed by atoms with Gasteiger partial charge in [0, 0.05) is 5.69 Å². The van der Waals surface area contributed by atoms with Crippen LogP contribution in [0.4, 0.5) is 5.69 Å². The van der Waals surface area contributed by atoms with Gasteiger partial charge in [-0.3, -0.25) is 4.79 Å². The van der Waals surface area contributed by atoms with Gasteiger partial charge in [0.1, 0.15) is 5.75 Å². The molecule has 0 atom stereocenters. The number of carboxylic acids is 1. The summed E-state index contributed by atoms with van der Waals surface area (Å²) in [6, 6.07) is 9.13. The third-order valence-electron chi connectivity index (χ3n) is 3.00. The van der Waals surface area contributed by atoms with Crippen LogP contribution in [-0.2, 0) is 14.8 Å². The second-order valence-corrected chi connectivity index (χ2v) is 6.83. The number of nitrogens with two attached hydrogens (primary N) is 1. The molecule has 0 saturated heterocycles. The lowest BCUT2D eigenvalue weighted by atomic mass is 10.2. The van der Waals surface area contributed by atoms with Crippen molar-refractivity contribution in [1.82, 2.24) is 0 Å². The quantitative estimate of drug-likeness (QED) is 0.693. The van der Waals surface area contributed by atoms with Gasteiger partial charge in [0.2, 0.25) is 10.0 Å². The molecule has 0 aliphatic heterocycles. The van der Waals surface area contributed by atoms with E-state index in [4.69, 9.17) is 26.6 Å². The average molecular weight is 385 g/mol. The van der Waals surface area contributed by atoms with Gasteiger partial charge in [0.25, 0.3) is 5.91 Å². The zero-order valence-corrected chi connectivity index (χ0v) is 14.2. The van der Waals surface area contributed by atoms with Crippen molar-refractivity contribution in [2.45, 2.75) is 4.90 Å². The van der Waals surface area contributed by atoms with Crippen molar-refractivity contribution in [3.8, 4) is 5.75 Å². The van der Waals surface area contributed by atoms with Crippen LogP contribution in [0.5, 0.6) is 5.75 Å². The number of halogens is 1. The molecule has 0 aliphatic rings. The molecule has 1 amide bonds. The van der Waals surface area contributed by atoms with Gasteiger partial charge >= 0.3 is 5.97 Å².